The standard InChI is InChI=1S/C28H36F2/c1-2-3-4-5-6-20-7-8-25-18-24(14-13-23(25)17-20)21-9-11-22(12-10-21)26-15-16-27(29)28(30)19-26/h9-12,15-16,19-20,23-25H,2-8,13-14,17-18H2,1H3/t20?,23-,24-,25-/m1/s1. The molecule has 4 rings (SSSR count). The molecule has 0 aromatic heterocycles. The molecule has 2 aromatic rings. The van der Waals surface area contributed by atoms with Crippen LogP contribution in [0.15, 0.2) is 42.5 Å². The van der Waals surface area contributed by atoms with Gasteiger partial charge < -0.3 is 0 Å². The van der Waals surface area contributed by atoms with Gasteiger partial charge in [0, 0.05) is 0 Å². The van der Waals surface area contributed by atoms with Gasteiger partial charge in [-0.15, -0.1) is 0 Å². The molecule has 2 aliphatic carbocycles. The lowest BCUT2D eigenvalue weighted by molar-refractivity contribution is 0.113. The van der Waals surface area contributed by atoms with Crippen molar-refractivity contribution >= 4 is 0 Å². The lowest BCUT2D eigenvalue weighted by atomic mass is 9.63. The maximum atomic E-state index is 13.5. The van der Waals surface area contributed by atoms with Gasteiger partial charge in [0.25, 0.3) is 0 Å². The molecule has 162 valence electrons. The Morgan fingerprint density at radius 1 is 0.733 bits per heavy atom. The summed E-state index contributed by atoms with van der Waals surface area (Å²) in [4.78, 5) is 0. The van der Waals surface area contributed by atoms with Crippen LogP contribution in [0.3, 0.4) is 0 Å². The molecule has 30 heavy (non-hydrogen) atoms. The van der Waals surface area contributed by atoms with Gasteiger partial charge in [-0.25, -0.2) is 8.78 Å². The Labute approximate surface area is 181 Å². The van der Waals surface area contributed by atoms with Gasteiger partial charge in [0.2, 0.25) is 0 Å². The number of hydrogen-bond donors (Lipinski definition) is 0. The molecule has 0 nitrogen and oxygen atoms in total. The Kier molecular flexibility index (Phi) is 7.23. The second-order valence-corrected chi connectivity index (χ2v) is 9.81. The summed E-state index contributed by atoms with van der Waals surface area (Å²) >= 11 is 0. The van der Waals surface area contributed by atoms with E-state index in [0.29, 0.717) is 5.92 Å². The highest BCUT2D eigenvalue weighted by atomic mass is 19.2. The predicted octanol–water partition coefficient (Wildman–Crippen LogP) is 8.90. The van der Waals surface area contributed by atoms with Crippen molar-refractivity contribution in [3.63, 3.8) is 0 Å². The Morgan fingerprint density at radius 3 is 2.23 bits per heavy atom. The molecule has 0 spiro atoms. The highest BCUT2D eigenvalue weighted by molar-refractivity contribution is 5.63. The van der Waals surface area contributed by atoms with Gasteiger partial charge in [0.1, 0.15) is 0 Å². The maximum Gasteiger partial charge on any atom is 0.159 e. The zero-order valence-electron chi connectivity index (χ0n) is 18.4. The monoisotopic (exact) mass is 410 g/mol. The number of rotatable bonds is 7. The predicted molar refractivity (Wildman–Crippen MR) is 121 cm³/mol. The van der Waals surface area contributed by atoms with Crippen molar-refractivity contribution < 1.29 is 8.78 Å². The van der Waals surface area contributed by atoms with Gasteiger partial charge in [0.15, 0.2) is 11.6 Å². The second kappa shape index (κ2) is 10.1. The zero-order chi connectivity index (χ0) is 20.9. The zero-order valence-corrected chi connectivity index (χ0v) is 18.4. The van der Waals surface area contributed by atoms with Crippen molar-refractivity contribution in [1.82, 2.24) is 0 Å². The molecular weight excluding hydrogens is 374 g/mol. The van der Waals surface area contributed by atoms with Crippen LogP contribution < -0.4 is 0 Å². The van der Waals surface area contributed by atoms with Crippen molar-refractivity contribution in [3.05, 3.63) is 59.7 Å². The molecule has 1 unspecified atom stereocenters. The summed E-state index contributed by atoms with van der Waals surface area (Å²) in [6.07, 6.45) is 15.4. The van der Waals surface area contributed by atoms with Crippen molar-refractivity contribution in [2.45, 2.75) is 83.5 Å². The molecule has 0 N–H and O–H groups in total. The first-order valence-electron chi connectivity index (χ1n) is 12.2. The quantitative estimate of drug-likeness (QED) is 0.400. The summed E-state index contributed by atoms with van der Waals surface area (Å²) in [5.41, 5.74) is 3.11. The molecule has 2 heteroatoms. The van der Waals surface area contributed by atoms with E-state index >= 15 is 0 Å². The van der Waals surface area contributed by atoms with Crippen LogP contribution in [0.5, 0.6) is 0 Å². The van der Waals surface area contributed by atoms with Gasteiger partial charge in [-0.1, -0.05) is 75.8 Å². The number of hydrogen-bond acceptors (Lipinski definition) is 0. The third-order valence-electron chi connectivity index (χ3n) is 7.82. The first kappa shape index (κ1) is 21.5. The summed E-state index contributed by atoms with van der Waals surface area (Å²) in [5.74, 6) is 1.93. The van der Waals surface area contributed by atoms with Gasteiger partial charge in [-0.05, 0) is 84.6 Å². The lowest BCUT2D eigenvalue weighted by Gasteiger charge is -2.42. The minimum atomic E-state index is -0.789. The highest BCUT2D eigenvalue weighted by Crippen LogP contribution is 2.48. The molecule has 0 radical (unpaired) electrons. The van der Waals surface area contributed by atoms with Crippen LogP contribution in [0, 0.1) is 29.4 Å². The van der Waals surface area contributed by atoms with E-state index in [1.165, 1.54) is 88.3 Å². The van der Waals surface area contributed by atoms with Crippen LogP contribution in [0.2, 0.25) is 0 Å². The summed E-state index contributed by atoms with van der Waals surface area (Å²) in [5, 5.41) is 0. The number of halogens is 2. The normalized spacial score (nSPS) is 26.4. The van der Waals surface area contributed by atoms with E-state index in [9.17, 15) is 8.78 Å². The number of fused-ring (bicyclic) bond motifs is 1. The van der Waals surface area contributed by atoms with E-state index in [2.05, 4.69) is 31.2 Å². The summed E-state index contributed by atoms with van der Waals surface area (Å²) in [6, 6.07) is 12.7. The Bertz CT molecular complexity index is 810. The summed E-state index contributed by atoms with van der Waals surface area (Å²) in [7, 11) is 0. The van der Waals surface area contributed by atoms with Gasteiger partial charge in [-0.2, -0.15) is 0 Å². The van der Waals surface area contributed by atoms with E-state index < -0.39 is 11.6 Å². The minimum Gasteiger partial charge on any atom is -0.204 e. The van der Waals surface area contributed by atoms with Crippen molar-refractivity contribution in [3.8, 4) is 11.1 Å². The van der Waals surface area contributed by atoms with Crippen LogP contribution in [0.4, 0.5) is 8.78 Å². The Balaban J connectivity index is 1.32. The first-order valence-corrected chi connectivity index (χ1v) is 12.2. The molecule has 0 bridgehead atoms. The van der Waals surface area contributed by atoms with Crippen LogP contribution in [-0.4, -0.2) is 0 Å². The largest absolute Gasteiger partial charge is 0.204 e. The fourth-order valence-electron chi connectivity index (χ4n) is 6.03. The van der Waals surface area contributed by atoms with Crippen LogP contribution in [0.25, 0.3) is 11.1 Å². The first-order chi connectivity index (χ1) is 14.6. The van der Waals surface area contributed by atoms with Crippen LogP contribution >= 0.6 is 0 Å². The van der Waals surface area contributed by atoms with E-state index in [-0.39, 0.29) is 0 Å². The highest BCUT2D eigenvalue weighted by Gasteiger charge is 2.35. The molecule has 2 aliphatic rings. The Morgan fingerprint density at radius 2 is 1.47 bits per heavy atom. The molecular formula is C28H36F2. The van der Waals surface area contributed by atoms with E-state index in [1.807, 2.05) is 0 Å². The van der Waals surface area contributed by atoms with Crippen molar-refractivity contribution in [1.29, 1.82) is 0 Å². The SMILES string of the molecule is CCCCCCC1CC[C@@H]2C[C@H](c3ccc(-c4ccc(F)c(F)c4)cc3)CC[C@@H]2C1. The third kappa shape index (κ3) is 5.13. The Hall–Kier alpha value is -1.70. The maximum absolute atomic E-state index is 13.5. The number of unbranched alkanes of at least 4 members (excludes halogenated alkanes) is 3. The van der Waals surface area contributed by atoms with E-state index in [4.69, 9.17) is 0 Å². The summed E-state index contributed by atoms with van der Waals surface area (Å²) < 4.78 is 26.7. The fourth-order valence-corrected chi connectivity index (χ4v) is 6.03. The fraction of sp³-hybridized carbons (Fsp3) is 0.571. The van der Waals surface area contributed by atoms with Gasteiger partial charge in [0.05, 0.1) is 0 Å². The van der Waals surface area contributed by atoms with Crippen LogP contribution in [-0.2, 0) is 0 Å². The molecule has 2 aromatic carbocycles. The van der Waals surface area contributed by atoms with Crippen molar-refractivity contribution in [2.75, 3.05) is 0 Å². The molecule has 4 atom stereocenters. The third-order valence-corrected chi connectivity index (χ3v) is 7.82. The van der Waals surface area contributed by atoms with Crippen molar-refractivity contribution in [2.24, 2.45) is 17.8 Å². The summed E-state index contributed by atoms with van der Waals surface area (Å²) in [6.45, 7) is 2.29. The van der Waals surface area contributed by atoms with E-state index in [0.717, 1.165) is 28.9 Å². The van der Waals surface area contributed by atoms with Gasteiger partial charge >= 0.3 is 0 Å². The second-order valence-electron chi connectivity index (χ2n) is 9.81. The number of benzene rings is 2. The smallest absolute Gasteiger partial charge is 0.159 e. The molecule has 0 amide bonds. The topological polar surface area (TPSA) is 0 Å². The molecule has 0 aliphatic heterocycles. The molecule has 0 heterocycles. The lowest BCUT2D eigenvalue weighted by Crippen LogP contribution is -2.30. The van der Waals surface area contributed by atoms with Crippen LogP contribution in [0.1, 0.15) is 89.0 Å². The average Bonchev–Trinajstić information content (AvgIpc) is 2.78. The van der Waals surface area contributed by atoms with E-state index in [1.54, 1.807) is 6.07 Å². The average molecular weight is 411 g/mol. The van der Waals surface area contributed by atoms with Gasteiger partial charge in [-0.3, -0.25) is 0 Å². The molecule has 2 fully saturated rings. The minimum absolute atomic E-state index is 0.659. The molecule has 2 saturated carbocycles. The molecule has 0 saturated heterocycles.